The van der Waals surface area contributed by atoms with Gasteiger partial charge in [0, 0.05) is 31.2 Å². The molecule has 2 heterocycles. The quantitative estimate of drug-likeness (QED) is 0.935. The third-order valence-corrected chi connectivity index (χ3v) is 4.90. The van der Waals surface area contributed by atoms with Crippen LogP contribution in [0, 0.1) is 0 Å². The van der Waals surface area contributed by atoms with Crippen molar-refractivity contribution in [3.05, 3.63) is 46.5 Å². The van der Waals surface area contributed by atoms with Gasteiger partial charge in [-0.2, -0.15) is 0 Å². The lowest BCUT2D eigenvalue weighted by Gasteiger charge is -2.35. The zero-order valence-electron chi connectivity index (χ0n) is 12.7. The minimum absolute atomic E-state index is 0.0611. The average molecular weight is 317 g/mol. The molecule has 0 aliphatic carbocycles. The van der Waals surface area contributed by atoms with E-state index in [1.54, 1.807) is 14.2 Å². The number of likely N-dealkylation sites (N-methyl/N-ethyl adjacent to an activating group) is 1. The van der Waals surface area contributed by atoms with E-state index in [1.165, 1.54) is 22.5 Å². The molecule has 1 aliphatic rings. The number of hydrogen-bond donors (Lipinski definition) is 1. The Morgan fingerprint density at radius 3 is 2.91 bits per heavy atom. The van der Waals surface area contributed by atoms with Gasteiger partial charge in [-0.1, -0.05) is 35.6 Å². The van der Waals surface area contributed by atoms with E-state index in [4.69, 9.17) is 4.74 Å². The van der Waals surface area contributed by atoms with Crippen LogP contribution in [0.3, 0.4) is 0 Å². The minimum Gasteiger partial charge on any atom is -0.473 e. The van der Waals surface area contributed by atoms with E-state index in [0.29, 0.717) is 11.7 Å². The molecule has 22 heavy (non-hydrogen) atoms. The maximum absolute atomic E-state index is 12.2. The van der Waals surface area contributed by atoms with Gasteiger partial charge in [-0.25, -0.2) is 4.98 Å². The molecule has 0 spiro atoms. The number of aromatic nitrogens is 1. The molecule has 116 valence electrons. The van der Waals surface area contributed by atoms with Crippen molar-refractivity contribution in [3.63, 3.8) is 0 Å². The zero-order valence-corrected chi connectivity index (χ0v) is 13.5. The first kappa shape index (κ1) is 15.0. The van der Waals surface area contributed by atoms with E-state index < -0.39 is 0 Å². The first-order valence-electron chi connectivity index (χ1n) is 7.22. The monoisotopic (exact) mass is 317 g/mol. The fraction of sp³-hybridized carbons (Fsp3) is 0.375. The number of carbonyl (C=O) groups excluding carboxylic acids is 1. The third kappa shape index (κ3) is 2.98. The van der Waals surface area contributed by atoms with Gasteiger partial charge >= 0.3 is 0 Å². The Morgan fingerprint density at radius 1 is 1.45 bits per heavy atom. The van der Waals surface area contributed by atoms with Crippen molar-refractivity contribution in [3.8, 4) is 5.19 Å². The van der Waals surface area contributed by atoms with Crippen molar-refractivity contribution in [1.82, 2.24) is 15.2 Å². The Kier molecular flexibility index (Phi) is 4.40. The molecule has 3 rings (SSSR count). The molecule has 1 aromatic heterocycles. The Hall–Kier alpha value is -1.92. The summed E-state index contributed by atoms with van der Waals surface area (Å²) < 4.78 is 5.15. The number of thiazole rings is 1. The van der Waals surface area contributed by atoms with Gasteiger partial charge in [0.15, 0.2) is 0 Å². The topological polar surface area (TPSA) is 54.5 Å². The molecule has 5 nitrogen and oxygen atoms in total. The normalized spacial score (nSPS) is 17.8. The smallest absolute Gasteiger partial charge is 0.273 e. The molecule has 1 aromatic carbocycles. The van der Waals surface area contributed by atoms with Gasteiger partial charge in [0.05, 0.1) is 13.2 Å². The van der Waals surface area contributed by atoms with Gasteiger partial charge in [-0.15, -0.1) is 0 Å². The van der Waals surface area contributed by atoms with Gasteiger partial charge in [-0.3, -0.25) is 9.69 Å². The Balaban J connectivity index is 1.84. The van der Waals surface area contributed by atoms with Crippen molar-refractivity contribution >= 4 is 17.2 Å². The number of ether oxygens (including phenoxy) is 1. The lowest BCUT2D eigenvalue weighted by Crippen LogP contribution is -2.48. The van der Waals surface area contributed by atoms with Gasteiger partial charge in [0.1, 0.15) is 0 Å². The number of nitrogens with zero attached hydrogens (tertiary/aromatic N) is 2. The minimum atomic E-state index is -0.145. The van der Waals surface area contributed by atoms with Crippen LogP contribution in [-0.2, 0) is 24.3 Å². The number of amides is 1. The maximum atomic E-state index is 12.2. The number of hydrogen-bond acceptors (Lipinski definition) is 5. The molecule has 0 radical (unpaired) electrons. The van der Waals surface area contributed by atoms with Crippen LogP contribution in [0.1, 0.15) is 16.0 Å². The van der Waals surface area contributed by atoms with E-state index in [9.17, 15) is 4.79 Å². The molecule has 0 unspecified atom stereocenters. The molecule has 6 heteroatoms. The first-order valence-corrected chi connectivity index (χ1v) is 8.04. The van der Waals surface area contributed by atoms with E-state index in [2.05, 4.69) is 27.3 Å². The second-order valence-corrected chi connectivity index (χ2v) is 6.38. The van der Waals surface area contributed by atoms with E-state index >= 15 is 0 Å². The number of methoxy groups -OCH3 is 1. The largest absolute Gasteiger partial charge is 0.473 e. The van der Waals surface area contributed by atoms with Gasteiger partial charge in [0.25, 0.3) is 5.19 Å². The van der Waals surface area contributed by atoms with Crippen LogP contribution in [0.2, 0.25) is 0 Å². The van der Waals surface area contributed by atoms with E-state index in [0.717, 1.165) is 17.8 Å². The Labute approximate surface area is 133 Å². The maximum Gasteiger partial charge on any atom is 0.273 e. The van der Waals surface area contributed by atoms with Crippen LogP contribution < -0.4 is 10.1 Å². The van der Waals surface area contributed by atoms with Crippen LogP contribution in [0.5, 0.6) is 5.19 Å². The van der Waals surface area contributed by atoms with Crippen LogP contribution >= 0.6 is 11.3 Å². The molecule has 0 bridgehead atoms. The number of rotatable bonds is 4. The van der Waals surface area contributed by atoms with Crippen LogP contribution in [0.25, 0.3) is 0 Å². The number of benzene rings is 1. The standard InChI is InChI=1S/C16H19N3O2S/c1-17-15(20)14-7-11-5-3-4-6-12(11)9-19(14)10-13-8-18-16(21-2)22-13/h3-6,8,14H,7,9-10H2,1-2H3,(H,17,20)/t14-/m0/s1. The highest BCUT2D eigenvalue weighted by molar-refractivity contribution is 7.13. The molecule has 1 aliphatic heterocycles. The van der Waals surface area contributed by atoms with Gasteiger partial charge in [0.2, 0.25) is 5.91 Å². The highest BCUT2D eigenvalue weighted by Gasteiger charge is 2.31. The third-order valence-electron chi connectivity index (χ3n) is 3.96. The molecule has 0 saturated heterocycles. The average Bonchev–Trinajstić information content (AvgIpc) is 3.01. The molecule has 1 atom stereocenters. The predicted molar refractivity (Wildman–Crippen MR) is 85.9 cm³/mol. The van der Waals surface area contributed by atoms with Crippen molar-refractivity contribution in [2.75, 3.05) is 14.2 Å². The molecule has 2 aromatic rings. The van der Waals surface area contributed by atoms with Gasteiger partial charge < -0.3 is 10.1 Å². The second kappa shape index (κ2) is 6.46. The zero-order chi connectivity index (χ0) is 15.5. The molecule has 0 saturated carbocycles. The summed E-state index contributed by atoms with van der Waals surface area (Å²) >= 11 is 1.52. The summed E-state index contributed by atoms with van der Waals surface area (Å²) in [6.07, 6.45) is 2.57. The van der Waals surface area contributed by atoms with Gasteiger partial charge in [-0.05, 0) is 17.5 Å². The highest BCUT2D eigenvalue weighted by atomic mass is 32.1. The Morgan fingerprint density at radius 2 is 2.23 bits per heavy atom. The van der Waals surface area contributed by atoms with Crippen molar-refractivity contribution in [1.29, 1.82) is 0 Å². The fourth-order valence-electron chi connectivity index (χ4n) is 2.83. The summed E-state index contributed by atoms with van der Waals surface area (Å²) in [6.45, 7) is 1.47. The van der Waals surface area contributed by atoms with Crippen molar-refractivity contribution in [2.45, 2.75) is 25.6 Å². The summed E-state index contributed by atoms with van der Waals surface area (Å²) in [4.78, 5) is 19.8. The lowest BCUT2D eigenvalue weighted by molar-refractivity contribution is -0.126. The summed E-state index contributed by atoms with van der Waals surface area (Å²) in [7, 11) is 3.31. The van der Waals surface area contributed by atoms with Crippen LogP contribution in [0.4, 0.5) is 0 Å². The summed E-state index contributed by atoms with van der Waals surface area (Å²) in [6, 6.07) is 8.18. The van der Waals surface area contributed by atoms with Crippen LogP contribution in [0.15, 0.2) is 30.5 Å². The summed E-state index contributed by atoms with van der Waals surface area (Å²) in [5.41, 5.74) is 2.55. The molecule has 1 N–H and O–H groups in total. The second-order valence-electron chi connectivity index (χ2n) is 5.30. The lowest BCUT2D eigenvalue weighted by atomic mass is 9.93. The fourth-order valence-corrected chi connectivity index (χ4v) is 3.57. The first-order chi connectivity index (χ1) is 10.7. The van der Waals surface area contributed by atoms with E-state index in [-0.39, 0.29) is 11.9 Å². The molecular formula is C16H19N3O2S. The summed E-state index contributed by atoms with van der Waals surface area (Å²) in [5.74, 6) is 0.0611. The molecular weight excluding hydrogens is 298 g/mol. The van der Waals surface area contributed by atoms with E-state index in [1.807, 2.05) is 18.3 Å². The molecule has 0 fully saturated rings. The van der Waals surface area contributed by atoms with Crippen molar-refractivity contribution in [2.24, 2.45) is 0 Å². The van der Waals surface area contributed by atoms with Crippen LogP contribution in [-0.4, -0.2) is 36.0 Å². The summed E-state index contributed by atoms with van der Waals surface area (Å²) in [5, 5.41) is 3.44. The Bertz CT molecular complexity index is 671. The highest BCUT2D eigenvalue weighted by Crippen LogP contribution is 2.28. The predicted octanol–water partition coefficient (Wildman–Crippen LogP) is 1.82. The number of fused-ring (bicyclic) bond motifs is 1. The number of nitrogens with one attached hydrogen (secondary N) is 1. The molecule has 1 amide bonds. The SMILES string of the molecule is CNC(=O)[C@@H]1Cc2ccccc2CN1Cc1cnc(OC)s1. The van der Waals surface area contributed by atoms with Crippen molar-refractivity contribution < 1.29 is 9.53 Å². The number of carbonyl (C=O) groups is 1.